The van der Waals surface area contributed by atoms with Crippen molar-refractivity contribution >= 4 is 23.4 Å². The second-order valence-corrected chi connectivity index (χ2v) is 6.31. The standard InChI is InChI=1S/C13H14ClN3OS/c1-10-6-19-13(18-10,7-17-9-15-8-16-17)11-2-4-12(14)5-3-11/h2-5,8-10H,6-7H2,1H3. The number of nitrogens with zero attached hydrogens (tertiary/aromatic N) is 3. The molecule has 0 amide bonds. The van der Waals surface area contributed by atoms with Crippen LogP contribution in [0.3, 0.4) is 0 Å². The normalized spacial score (nSPS) is 26.7. The van der Waals surface area contributed by atoms with Gasteiger partial charge in [-0.15, -0.1) is 11.8 Å². The number of thioether (sulfide) groups is 1. The zero-order chi connectivity index (χ0) is 13.3. The molecule has 2 unspecified atom stereocenters. The van der Waals surface area contributed by atoms with E-state index in [0.29, 0.717) is 6.54 Å². The molecular weight excluding hydrogens is 282 g/mol. The van der Waals surface area contributed by atoms with Crippen LogP contribution in [-0.2, 0) is 16.2 Å². The van der Waals surface area contributed by atoms with Crippen molar-refractivity contribution < 1.29 is 4.74 Å². The van der Waals surface area contributed by atoms with Crippen molar-refractivity contribution in [3.63, 3.8) is 0 Å². The van der Waals surface area contributed by atoms with Gasteiger partial charge in [0.2, 0.25) is 0 Å². The molecular formula is C13H14ClN3OS. The molecule has 100 valence electrons. The number of rotatable bonds is 3. The van der Waals surface area contributed by atoms with E-state index >= 15 is 0 Å². The van der Waals surface area contributed by atoms with E-state index < -0.39 is 4.93 Å². The van der Waals surface area contributed by atoms with Crippen LogP contribution in [0.1, 0.15) is 12.5 Å². The highest BCUT2D eigenvalue weighted by atomic mass is 35.5. The predicted molar refractivity (Wildman–Crippen MR) is 76.2 cm³/mol. The Morgan fingerprint density at radius 2 is 2.26 bits per heavy atom. The first-order valence-electron chi connectivity index (χ1n) is 6.08. The molecule has 19 heavy (non-hydrogen) atoms. The van der Waals surface area contributed by atoms with E-state index in [1.165, 1.54) is 0 Å². The molecule has 3 rings (SSSR count). The van der Waals surface area contributed by atoms with E-state index in [-0.39, 0.29) is 6.10 Å². The zero-order valence-corrected chi connectivity index (χ0v) is 12.1. The fraction of sp³-hybridized carbons (Fsp3) is 0.385. The van der Waals surface area contributed by atoms with Crippen LogP contribution >= 0.6 is 23.4 Å². The van der Waals surface area contributed by atoms with Crippen LogP contribution in [0.4, 0.5) is 0 Å². The highest BCUT2D eigenvalue weighted by Gasteiger charge is 2.41. The van der Waals surface area contributed by atoms with Gasteiger partial charge in [0.15, 0.2) is 4.93 Å². The van der Waals surface area contributed by atoms with Crippen LogP contribution in [0.5, 0.6) is 0 Å². The minimum Gasteiger partial charge on any atom is -0.354 e. The molecule has 0 spiro atoms. The molecule has 1 fully saturated rings. The number of aromatic nitrogens is 3. The van der Waals surface area contributed by atoms with Crippen LogP contribution in [-0.4, -0.2) is 26.6 Å². The molecule has 1 aromatic carbocycles. The van der Waals surface area contributed by atoms with Crippen LogP contribution in [0.25, 0.3) is 0 Å². The first-order chi connectivity index (χ1) is 9.18. The summed E-state index contributed by atoms with van der Waals surface area (Å²) in [5.74, 6) is 0.970. The summed E-state index contributed by atoms with van der Waals surface area (Å²) in [6.07, 6.45) is 3.48. The van der Waals surface area contributed by atoms with Crippen LogP contribution in [0.15, 0.2) is 36.9 Å². The highest BCUT2D eigenvalue weighted by molar-refractivity contribution is 8.00. The van der Waals surface area contributed by atoms with Crippen LogP contribution in [0.2, 0.25) is 5.02 Å². The smallest absolute Gasteiger partial charge is 0.159 e. The first kappa shape index (κ1) is 13.0. The van der Waals surface area contributed by atoms with Gasteiger partial charge >= 0.3 is 0 Å². The van der Waals surface area contributed by atoms with Gasteiger partial charge in [-0.1, -0.05) is 23.7 Å². The zero-order valence-electron chi connectivity index (χ0n) is 10.5. The van der Waals surface area contributed by atoms with Gasteiger partial charge in [0.25, 0.3) is 0 Å². The topological polar surface area (TPSA) is 39.9 Å². The lowest BCUT2D eigenvalue weighted by atomic mass is 10.1. The van der Waals surface area contributed by atoms with Crippen molar-refractivity contribution in [2.24, 2.45) is 0 Å². The number of ether oxygens (including phenoxy) is 1. The molecule has 0 saturated carbocycles. The Hall–Kier alpha value is -1.04. The van der Waals surface area contributed by atoms with Crippen molar-refractivity contribution in [1.82, 2.24) is 14.8 Å². The van der Waals surface area contributed by atoms with E-state index in [0.717, 1.165) is 16.3 Å². The molecule has 2 heterocycles. The summed E-state index contributed by atoms with van der Waals surface area (Å²) >= 11 is 7.76. The second-order valence-electron chi connectivity index (χ2n) is 4.59. The Morgan fingerprint density at radius 1 is 1.47 bits per heavy atom. The van der Waals surface area contributed by atoms with Crippen LogP contribution < -0.4 is 0 Å². The molecule has 1 aromatic heterocycles. The average molecular weight is 296 g/mol. The maximum Gasteiger partial charge on any atom is 0.159 e. The molecule has 1 saturated heterocycles. The van der Waals surface area contributed by atoms with Gasteiger partial charge in [-0.2, -0.15) is 5.10 Å². The Labute approximate surface area is 121 Å². The molecule has 0 aliphatic carbocycles. The van der Waals surface area contributed by atoms with Gasteiger partial charge in [-0.25, -0.2) is 9.67 Å². The molecule has 0 N–H and O–H groups in total. The van der Waals surface area contributed by atoms with Gasteiger partial charge in [-0.3, -0.25) is 0 Å². The van der Waals surface area contributed by atoms with Crippen molar-refractivity contribution in [3.8, 4) is 0 Å². The van der Waals surface area contributed by atoms with Crippen molar-refractivity contribution in [1.29, 1.82) is 0 Å². The van der Waals surface area contributed by atoms with E-state index in [2.05, 4.69) is 17.0 Å². The number of halogens is 1. The lowest BCUT2D eigenvalue weighted by molar-refractivity contribution is -0.0137. The summed E-state index contributed by atoms with van der Waals surface area (Å²) in [4.78, 5) is 3.58. The van der Waals surface area contributed by atoms with Crippen molar-refractivity contribution in [2.75, 3.05) is 5.75 Å². The Morgan fingerprint density at radius 3 is 2.84 bits per heavy atom. The predicted octanol–water partition coefficient (Wildman–Crippen LogP) is 2.94. The van der Waals surface area contributed by atoms with Gasteiger partial charge in [0.1, 0.15) is 12.7 Å². The number of benzene rings is 1. The van der Waals surface area contributed by atoms with Gasteiger partial charge in [0, 0.05) is 10.8 Å². The second kappa shape index (κ2) is 5.15. The Bertz CT molecular complexity index is 546. The maximum absolute atomic E-state index is 6.18. The molecule has 0 bridgehead atoms. The maximum atomic E-state index is 6.18. The van der Waals surface area contributed by atoms with Gasteiger partial charge < -0.3 is 4.74 Å². The first-order valence-corrected chi connectivity index (χ1v) is 7.44. The minimum atomic E-state index is -0.405. The molecule has 0 radical (unpaired) electrons. The summed E-state index contributed by atoms with van der Waals surface area (Å²) in [6.45, 7) is 2.73. The average Bonchev–Trinajstić information content (AvgIpc) is 3.01. The quantitative estimate of drug-likeness (QED) is 0.873. The lowest BCUT2D eigenvalue weighted by Gasteiger charge is -2.28. The number of hydrogen-bond acceptors (Lipinski definition) is 4. The minimum absolute atomic E-state index is 0.226. The molecule has 2 aromatic rings. The highest BCUT2D eigenvalue weighted by Crippen LogP contribution is 2.46. The summed E-state index contributed by atoms with van der Waals surface area (Å²) in [6, 6.07) is 7.83. The van der Waals surface area contributed by atoms with E-state index in [1.807, 2.05) is 24.3 Å². The van der Waals surface area contributed by atoms with Gasteiger partial charge in [0.05, 0.1) is 12.6 Å². The molecule has 2 atom stereocenters. The summed E-state index contributed by atoms with van der Waals surface area (Å²) < 4.78 is 7.98. The summed E-state index contributed by atoms with van der Waals surface area (Å²) in [7, 11) is 0. The molecule has 1 aliphatic heterocycles. The van der Waals surface area contributed by atoms with Crippen molar-refractivity contribution in [2.45, 2.75) is 24.5 Å². The third-order valence-corrected chi connectivity index (χ3v) is 4.88. The molecule has 1 aliphatic rings. The van der Waals surface area contributed by atoms with Gasteiger partial charge in [-0.05, 0) is 24.6 Å². The fourth-order valence-corrected chi connectivity index (χ4v) is 3.66. The van der Waals surface area contributed by atoms with E-state index in [4.69, 9.17) is 16.3 Å². The third kappa shape index (κ3) is 2.63. The van der Waals surface area contributed by atoms with E-state index in [9.17, 15) is 0 Å². The van der Waals surface area contributed by atoms with Crippen LogP contribution in [0, 0.1) is 0 Å². The number of hydrogen-bond donors (Lipinski definition) is 0. The SMILES string of the molecule is CC1CSC(Cn2cncn2)(c2ccc(Cl)cc2)O1. The lowest BCUT2D eigenvalue weighted by Crippen LogP contribution is -2.29. The molecule has 4 nitrogen and oxygen atoms in total. The summed E-state index contributed by atoms with van der Waals surface area (Å²) in [5, 5.41) is 4.91. The summed E-state index contributed by atoms with van der Waals surface area (Å²) in [5.41, 5.74) is 1.11. The monoisotopic (exact) mass is 295 g/mol. The van der Waals surface area contributed by atoms with Crippen molar-refractivity contribution in [3.05, 3.63) is 47.5 Å². The largest absolute Gasteiger partial charge is 0.354 e. The third-order valence-electron chi connectivity index (χ3n) is 3.06. The van der Waals surface area contributed by atoms with E-state index in [1.54, 1.807) is 29.1 Å². The molecule has 6 heteroatoms. The fourth-order valence-electron chi connectivity index (χ4n) is 2.20. The Kier molecular flexibility index (Phi) is 3.52. The Balaban J connectivity index is 1.95.